The Morgan fingerprint density at radius 1 is 0.583 bits per heavy atom. The first-order chi connectivity index (χ1) is 11.9. The van der Waals surface area contributed by atoms with Crippen LogP contribution in [-0.4, -0.2) is 4.90 Å². The number of hydrogen-bond donors (Lipinski definition) is 0. The molecule has 1 heterocycles. The van der Waals surface area contributed by atoms with E-state index in [2.05, 4.69) is 95.9 Å². The summed E-state index contributed by atoms with van der Waals surface area (Å²) in [6.07, 6.45) is 2.44. The fraction of sp³-hybridized carbons (Fsp3) is 0.217. The summed E-state index contributed by atoms with van der Waals surface area (Å²) in [6, 6.07) is 33.8. The lowest BCUT2D eigenvalue weighted by Gasteiger charge is -2.31. The Bertz CT molecular complexity index is 704. The van der Waals surface area contributed by atoms with Gasteiger partial charge in [0.05, 0.1) is 0 Å². The van der Waals surface area contributed by atoms with Gasteiger partial charge in [-0.15, -0.1) is 0 Å². The summed E-state index contributed by atoms with van der Waals surface area (Å²) in [5, 5.41) is 0. The van der Waals surface area contributed by atoms with Crippen LogP contribution in [-0.2, 0) is 6.54 Å². The Kier molecular flexibility index (Phi) is 4.44. The van der Waals surface area contributed by atoms with E-state index in [-0.39, 0.29) is 0 Å². The number of benzene rings is 3. The Morgan fingerprint density at radius 2 is 1.00 bits per heavy atom. The van der Waals surface area contributed by atoms with Gasteiger partial charge in [0.1, 0.15) is 0 Å². The molecular weight excluding hydrogens is 290 g/mol. The van der Waals surface area contributed by atoms with Crippen LogP contribution < -0.4 is 0 Å². The molecule has 4 rings (SSSR count). The Balaban J connectivity index is 1.67. The van der Waals surface area contributed by atoms with Crippen molar-refractivity contribution in [1.29, 1.82) is 0 Å². The SMILES string of the molecule is c1ccc(CN2[C@H](c3ccccc3)CC[C@H]2c2ccccc2)cc1. The van der Waals surface area contributed by atoms with E-state index in [1.165, 1.54) is 29.5 Å². The molecule has 1 fully saturated rings. The van der Waals surface area contributed by atoms with Crippen LogP contribution in [0.25, 0.3) is 0 Å². The van der Waals surface area contributed by atoms with Crippen molar-refractivity contribution in [3.63, 3.8) is 0 Å². The molecule has 0 N–H and O–H groups in total. The van der Waals surface area contributed by atoms with Gasteiger partial charge in [0, 0.05) is 18.6 Å². The van der Waals surface area contributed by atoms with Gasteiger partial charge in [-0.2, -0.15) is 0 Å². The van der Waals surface area contributed by atoms with Crippen molar-refractivity contribution in [3.05, 3.63) is 108 Å². The molecule has 2 atom stereocenters. The second kappa shape index (κ2) is 7.02. The van der Waals surface area contributed by atoms with Crippen LogP contribution in [0.3, 0.4) is 0 Å². The zero-order valence-corrected chi connectivity index (χ0v) is 13.9. The van der Waals surface area contributed by atoms with E-state index < -0.39 is 0 Å². The summed E-state index contributed by atoms with van der Waals surface area (Å²) in [7, 11) is 0. The largest absolute Gasteiger partial charge is 0.285 e. The average molecular weight is 313 g/mol. The minimum atomic E-state index is 0.497. The monoisotopic (exact) mass is 313 g/mol. The minimum absolute atomic E-state index is 0.497. The molecular formula is C23H23N. The zero-order valence-electron chi connectivity index (χ0n) is 13.9. The van der Waals surface area contributed by atoms with Crippen molar-refractivity contribution >= 4 is 0 Å². The van der Waals surface area contributed by atoms with Crippen LogP contribution in [0.4, 0.5) is 0 Å². The Labute approximate surface area is 144 Å². The summed E-state index contributed by atoms with van der Waals surface area (Å²) in [5.74, 6) is 0. The van der Waals surface area contributed by atoms with Crippen LogP contribution in [0.15, 0.2) is 91.0 Å². The van der Waals surface area contributed by atoms with E-state index in [9.17, 15) is 0 Å². The molecule has 0 bridgehead atoms. The molecule has 3 aromatic rings. The maximum atomic E-state index is 2.68. The van der Waals surface area contributed by atoms with Crippen LogP contribution in [0.2, 0.25) is 0 Å². The van der Waals surface area contributed by atoms with Gasteiger partial charge in [0.15, 0.2) is 0 Å². The van der Waals surface area contributed by atoms with E-state index in [4.69, 9.17) is 0 Å². The summed E-state index contributed by atoms with van der Waals surface area (Å²) < 4.78 is 0. The molecule has 1 nitrogen and oxygen atoms in total. The highest BCUT2D eigenvalue weighted by Crippen LogP contribution is 2.44. The van der Waals surface area contributed by atoms with Crippen molar-refractivity contribution in [3.8, 4) is 0 Å². The molecule has 0 spiro atoms. The summed E-state index contributed by atoms with van der Waals surface area (Å²) in [4.78, 5) is 2.68. The Morgan fingerprint density at radius 3 is 1.46 bits per heavy atom. The molecule has 0 unspecified atom stereocenters. The fourth-order valence-electron chi connectivity index (χ4n) is 3.95. The van der Waals surface area contributed by atoms with Gasteiger partial charge in [-0.25, -0.2) is 0 Å². The fourth-order valence-corrected chi connectivity index (χ4v) is 3.95. The molecule has 0 aliphatic carbocycles. The van der Waals surface area contributed by atoms with Crippen LogP contribution in [0.5, 0.6) is 0 Å². The van der Waals surface area contributed by atoms with E-state index in [1.807, 2.05) is 0 Å². The van der Waals surface area contributed by atoms with E-state index in [0.717, 1.165) is 6.54 Å². The zero-order chi connectivity index (χ0) is 16.2. The number of rotatable bonds is 4. The number of likely N-dealkylation sites (tertiary alicyclic amines) is 1. The van der Waals surface area contributed by atoms with Crippen molar-refractivity contribution in [1.82, 2.24) is 4.90 Å². The van der Waals surface area contributed by atoms with E-state index >= 15 is 0 Å². The molecule has 0 aromatic heterocycles. The normalized spacial score (nSPS) is 21.0. The lowest BCUT2D eigenvalue weighted by molar-refractivity contribution is 0.185. The molecule has 0 radical (unpaired) electrons. The average Bonchev–Trinajstić information content (AvgIpc) is 3.07. The predicted molar refractivity (Wildman–Crippen MR) is 99.6 cm³/mol. The molecule has 1 aliphatic heterocycles. The third-order valence-electron chi connectivity index (χ3n) is 5.09. The molecule has 3 aromatic carbocycles. The van der Waals surface area contributed by atoms with Gasteiger partial charge in [0.25, 0.3) is 0 Å². The first-order valence-corrected chi connectivity index (χ1v) is 8.81. The first kappa shape index (κ1) is 15.2. The predicted octanol–water partition coefficient (Wildman–Crippen LogP) is 5.77. The van der Waals surface area contributed by atoms with Gasteiger partial charge in [-0.1, -0.05) is 91.0 Å². The lowest BCUT2D eigenvalue weighted by Crippen LogP contribution is -2.26. The first-order valence-electron chi connectivity index (χ1n) is 8.81. The van der Waals surface area contributed by atoms with E-state index in [1.54, 1.807) is 0 Å². The second-order valence-electron chi connectivity index (χ2n) is 6.59. The third kappa shape index (κ3) is 3.13. The van der Waals surface area contributed by atoms with Crippen LogP contribution in [0.1, 0.15) is 41.6 Å². The van der Waals surface area contributed by atoms with Gasteiger partial charge < -0.3 is 0 Å². The second-order valence-corrected chi connectivity index (χ2v) is 6.59. The maximum Gasteiger partial charge on any atom is 0.0358 e. The minimum Gasteiger partial charge on any atom is -0.285 e. The van der Waals surface area contributed by atoms with Crippen molar-refractivity contribution < 1.29 is 0 Å². The standard InChI is InChI=1S/C23H23N/c1-4-10-19(11-5-1)18-24-22(20-12-6-2-7-13-20)16-17-23(24)21-14-8-3-9-15-21/h1-15,22-23H,16-18H2/t22-,23-/m0/s1. The number of hydrogen-bond acceptors (Lipinski definition) is 1. The van der Waals surface area contributed by atoms with Crippen LogP contribution in [0, 0.1) is 0 Å². The summed E-state index contributed by atoms with van der Waals surface area (Å²) in [6.45, 7) is 1.000. The topological polar surface area (TPSA) is 3.24 Å². The highest BCUT2D eigenvalue weighted by Gasteiger charge is 2.34. The molecule has 0 amide bonds. The smallest absolute Gasteiger partial charge is 0.0358 e. The summed E-state index contributed by atoms with van der Waals surface area (Å²) in [5.41, 5.74) is 4.26. The molecule has 120 valence electrons. The van der Waals surface area contributed by atoms with Crippen molar-refractivity contribution in [2.24, 2.45) is 0 Å². The van der Waals surface area contributed by atoms with Crippen molar-refractivity contribution in [2.45, 2.75) is 31.5 Å². The quantitative estimate of drug-likeness (QED) is 0.591. The highest BCUT2D eigenvalue weighted by molar-refractivity contribution is 5.26. The van der Waals surface area contributed by atoms with E-state index in [0.29, 0.717) is 12.1 Å². The van der Waals surface area contributed by atoms with Crippen molar-refractivity contribution in [2.75, 3.05) is 0 Å². The molecule has 1 heteroatoms. The van der Waals surface area contributed by atoms with Gasteiger partial charge in [0.2, 0.25) is 0 Å². The Hall–Kier alpha value is -2.38. The highest BCUT2D eigenvalue weighted by atomic mass is 15.2. The van der Waals surface area contributed by atoms with Gasteiger partial charge >= 0.3 is 0 Å². The molecule has 1 saturated heterocycles. The maximum absolute atomic E-state index is 2.68. The number of nitrogens with zero attached hydrogens (tertiary/aromatic N) is 1. The van der Waals surface area contributed by atoms with Gasteiger partial charge in [-0.05, 0) is 29.5 Å². The van der Waals surface area contributed by atoms with Gasteiger partial charge in [-0.3, -0.25) is 4.90 Å². The lowest BCUT2D eigenvalue weighted by atomic mass is 10.0. The molecule has 24 heavy (non-hydrogen) atoms. The third-order valence-corrected chi connectivity index (χ3v) is 5.09. The molecule has 0 saturated carbocycles. The van der Waals surface area contributed by atoms with Crippen LogP contribution >= 0.6 is 0 Å². The molecule has 1 aliphatic rings. The summed E-state index contributed by atoms with van der Waals surface area (Å²) >= 11 is 0.